The quantitative estimate of drug-likeness (QED) is 0.495. The average Bonchev–Trinajstić information content (AvgIpc) is 1.83. The predicted molar refractivity (Wildman–Crippen MR) is 51.3 cm³/mol. The van der Waals surface area contributed by atoms with Gasteiger partial charge in [0.15, 0.2) is 0 Å². The maximum absolute atomic E-state index is 11.2. The van der Waals surface area contributed by atoms with Crippen LogP contribution in [0.1, 0.15) is 41.0 Å². The molecule has 0 heterocycles. The summed E-state index contributed by atoms with van der Waals surface area (Å²) in [5.74, 6) is 0.113. The molecule has 0 aliphatic rings. The highest BCUT2D eigenvalue weighted by Crippen LogP contribution is 2.30. The van der Waals surface area contributed by atoms with Gasteiger partial charge in [0.2, 0.25) is 6.08 Å². The van der Waals surface area contributed by atoms with Crippen molar-refractivity contribution in [1.82, 2.24) is 0 Å². The summed E-state index contributed by atoms with van der Waals surface area (Å²) in [5, 5.41) is 0. The van der Waals surface area contributed by atoms with Crippen molar-refractivity contribution in [3.8, 4) is 0 Å². The highest BCUT2D eigenvalue weighted by Gasteiger charge is 2.32. The second-order valence-electron chi connectivity index (χ2n) is 4.63. The molecule has 0 spiro atoms. The molecule has 0 N–H and O–H groups in total. The van der Waals surface area contributed by atoms with E-state index in [4.69, 9.17) is 0 Å². The summed E-state index contributed by atoms with van der Waals surface area (Å²) in [6.45, 7) is 8.92. The standard InChI is InChI=1S/C10H17NO2/c1-8(13)9(2,3)6-10(4,5)11-7-12/h6H2,1-5H3. The van der Waals surface area contributed by atoms with Crippen LogP contribution in [0, 0.1) is 5.41 Å². The van der Waals surface area contributed by atoms with Gasteiger partial charge < -0.3 is 0 Å². The number of Topliss-reactive ketones (excluding diaryl/α,β-unsaturated/α-hetero) is 1. The molecular formula is C10H17NO2. The number of nitrogens with zero attached hydrogens (tertiary/aromatic N) is 1. The van der Waals surface area contributed by atoms with Gasteiger partial charge in [0, 0.05) is 5.41 Å². The van der Waals surface area contributed by atoms with Gasteiger partial charge in [-0.25, -0.2) is 4.79 Å². The number of hydrogen-bond donors (Lipinski definition) is 0. The zero-order valence-electron chi connectivity index (χ0n) is 8.97. The van der Waals surface area contributed by atoms with E-state index in [-0.39, 0.29) is 5.78 Å². The molecule has 0 aromatic carbocycles. The second-order valence-corrected chi connectivity index (χ2v) is 4.63. The summed E-state index contributed by atoms with van der Waals surface area (Å²) in [6, 6.07) is 0. The fraction of sp³-hybridized carbons (Fsp3) is 0.800. The van der Waals surface area contributed by atoms with Crippen LogP contribution in [0.15, 0.2) is 4.99 Å². The molecule has 3 nitrogen and oxygen atoms in total. The molecule has 74 valence electrons. The van der Waals surface area contributed by atoms with E-state index in [9.17, 15) is 9.59 Å². The third-order valence-corrected chi connectivity index (χ3v) is 2.18. The molecule has 0 radical (unpaired) electrons. The summed E-state index contributed by atoms with van der Waals surface area (Å²) < 4.78 is 0. The third-order valence-electron chi connectivity index (χ3n) is 2.18. The highest BCUT2D eigenvalue weighted by molar-refractivity contribution is 5.81. The molecule has 0 saturated heterocycles. The van der Waals surface area contributed by atoms with Crippen LogP contribution in [0.3, 0.4) is 0 Å². The van der Waals surface area contributed by atoms with Gasteiger partial charge in [-0.05, 0) is 27.2 Å². The fourth-order valence-electron chi connectivity index (χ4n) is 1.37. The zero-order chi connectivity index (χ0) is 10.7. The molecule has 0 atom stereocenters. The summed E-state index contributed by atoms with van der Waals surface area (Å²) in [7, 11) is 0. The third kappa shape index (κ3) is 4.00. The predicted octanol–water partition coefficient (Wildman–Crippen LogP) is 2.11. The van der Waals surface area contributed by atoms with E-state index in [1.54, 1.807) is 6.92 Å². The average molecular weight is 183 g/mol. The number of carbonyl (C=O) groups excluding carboxylic acids is 2. The highest BCUT2D eigenvalue weighted by atomic mass is 16.1. The first kappa shape index (κ1) is 12.0. The maximum Gasteiger partial charge on any atom is 0.235 e. The largest absolute Gasteiger partial charge is 0.299 e. The van der Waals surface area contributed by atoms with Crippen molar-refractivity contribution < 1.29 is 9.59 Å². The summed E-state index contributed by atoms with van der Waals surface area (Å²) in [4.78, 5) is 25.0. The normalized spacial score (nSPS) is 12.1. The molecule has 0 aromatic rings. The Morgan fingerprint density at radius 2 is 1.77 bits per heavy atom. The van der Waals surface area contributed by atoms with E-state index in [1.807, 2.05) is 27.7 Å². The van der Waals surface area contributed by atoms with Crippen molar-refractivity contribution in [2.24, 2.45) is 10.4 Å². The van der Waals surface area contributed by atoms with Crippen LogP contribution >= 0.6 is 0 Å². The molecule has 0 amide bonds. The van der Waals surface area contributed by atoms with Gasteiger partial charge in [-0.15, -0.1) is 0 Å². The van der Waals surface area contributed by atoms with E-state index in [2.05, 4.69) is 4.99 Å². The van der Waals surface area contributed by atoms with Gasteiger partial charge in [-0.3, -0.25) is 4.79 Å². The molecule has 0 fully saturated rings. The van der Waals surface area contributed by atoms with Crippen molar-refractivity contribution in [2.75, 3.05) is 0 Å². The smallest absolute Gasteiger partial charge is 0.235 e. The number of rotatable bonds is 4. The van der Waals surface area contributed by atoms with Crippen molar-refractivity contribution >= 4 is 11.9 Å². The van der Waals surface area contributed by atoms with E-state index >= 15 is 0 Å². The lowest BCUT2D eigenvalue weighted by Gasteiger charge is -2.28. The van der Waals surface area contributed by atoms with Crippen LogP contribution in [-0.4, -0.2) is 17.4 Å². The van der Waals surface area contributed by atoms with E-state index in [0.29, 0.717) is 6.42 Å². The Hall–Kier alpha value is -0.950. The first-order chi connectivity index (χ1) is 5.71. The number of isocyanates is 1. The van der Waals surface area contributed by atoms with E-state index in [1.165, 1.54) is 6.08 Å². The monoisotopic (exact) mass is 183 g/mol. The van der Waals surface area contributed by atoms with Crippen molar-refractivity contribution in [1.29, 1.82) is 0 Å². The first-order valence-electron chi connectivity index (χ1n) is 4.31. The summed E-state index contributed by atoms with van der Waals surface area (Å²) >= 11 is 0. The van der Waals surface area contributed by atoms with Crippen LogP contribution in [0.5, 0.6) is 0 Å². The van der Waals surface area contributed by atoms with Crippen molar-refractivity contribution in [3.63, 3.8) is 0 Å². The van der Waals surface area contributed by atoms with Gasteiger partial charge in [0.1, 0.15) is 5.78 Å². The van der Waals surface area contributed by atoms with Crippen LogP contribution in [0.25, 0.3) is 0 Å². The molecule has 0 rings (SSSR count). The Morgan fingerprint density at radius 3 is 2.08 bits per heavy atom. The molecule has 0 saturated carbocycles. The van der Waals surface area contributed by atoms with Crippen LogP contribution in [0.2, 0.25) is 0 Å². The van der Waals surface area contributed by atoms with Crippen LogP contribution in [0.4, 0.5) is 0 Å². The van der Waals surface area contributed by atoms with Gasteiger partial charge in [0.05, 0.1) is 5.54 Å². The minimum absolute atomic E-state index is 0.113. The lowest BCUT2D eigenvalue weighted by atomic mass is 9.78. The lowest BCUT2D eigenvalue weighted by molar-refractivity contribution is -0.125. The topological polar surface area (TPSA) is 46.5 Å². The number of aliphatic imine (C=N–C) groups is 1. The number of ketones is 1. The van der Waals surface area contributed by atoms with Gasteiger partial charge >= 0.3 is 0 Å². The zero-order valence-corrected chi connectivity index (χ0v) is 8.97. The Morgan fingerprint density at radius 1 is 1.31 bits per heavy atom. The van der Waals surface area contributed by atoms with E-state index < -0.39 is 11.0 Å². The number of hydrogen-bond acceptors (Lipinski definition) is 3. The summed E-state index contributed by atoms with van der Waals surface area (Å²) in [6.07, 6.45) is 2.09. The second kappa shape index (κ2) is 3.84. The lowest BCUT2D eigenvalue weighted by Crippen LogP contribution is -2.31. The molecule has 0 aromatic heterocycles. The minimum atomic E-state index is -0.503. The molecule has 13 heavy (non-hydrogen) atoms. The summed E-state index contributed by atoms with van der Waals surface area (Å²) in [5.41, 5.74) is -0.930. The molecular weight excluding hydrogens is 166 g/mol. The Kier molecular flexibility index (Phi) is 3.56. The molecule has 3 heteroatoms. The van der Waals surface area contributed by atoms with E-state index in [0.717, 1.165) is 0 Å². The SMILES string of the molecule is CC(=O)C(C)(C)CC(C)(C)N=C=O. The molecule has 0 bridgehead atoms. The minimum Gasteiger partial charge on any atom is -0.299 e. The van der Waals surface area contributed by atoms with Gasteiger partial charge in [0.25, 0.3) is 0 Å². The molecule has 0 unspecified atom stereocenters. The molecule has 0 aliphatic carbocycles. The first-order valence-corrected chi connectivity index (χ1v) is 4.31. The van der Waals surface area contributed by atoms with Crippen molar-refractivity contribution in [2.45, 2.75) is 46.6 Å². The fourth-order valence-corrected chi connectivity index (χ4v) is 1.37. The maximum atomic E-state index is 11.2. The number of carbonyl (C=O) groups is 1. The van der Waals surface area contributed by atoms with Crippen LogP contribution < -0.4 is 0 Å². The van der Waals surface area contributed by atoms with Gasteiger partial charge in [-0.2, -0.15) is 4.99 Å². The molecule has 0 aliphatic heterocycles. The Balaban J connectivity index is 4.60. The Bertz CT molecular complexity index is 236. The Labute approximate surface area is 79.2 Å². The van der Waals surface area contributed by atoms with Crippen molar-refractivity contribution in [3.05, 3.63) is 0 Å². The van der Waals surface area contributed by atoms with Gasteiger partial charge in [-0.1, -0.05) is 13.8 Å². The van der Waals surface area contributed by atoms with Crippen LogP contribution in [-0.2, 0) is 9.59 Å².